The molecule has 2 heterocycles. The number of ether oxygens (including phenoxy) is 1. The van der Waals surface area contributed by atoms with Gasteiger partial charge in [-0.1, -0.05) is 6.92 Å². The number of guanidine groups is 1. The van der Waals surface area contributed by atoms with Gasteiger partial charge in [-0.15, -0.1) is 0 Å². The summed E-state index contributed by atoms with van der Waals surface area (Å²) in [7, 11) is 3.99. The van der Waals surface area contributed by atoms with E-state index < -0.39 is 0 Å². The van der Waals surface area contributed by atoms with Crippen LogP contribution in [0.4, 0.5) is 0 Å². The first-order valence-electron chi connectivity index (χ1n) is 8.71. The number of nitrogens with zero attached hydrogens (tertiary/aromatic N) is 3. The highest BCUT2D eigenvalue weighted by atomic mass is 16.5. The molecular weight excluding hydrogens is 278 g/mol. The predicted molar refractivity (Wildman–Crippen MR) is 91.5 cm³/mol. The molecule has 128 valence electrons. The molecule has 0 amide bonds. The number of rotatable bonds is 5. The van der Waals surface area contributed by atoms with Gasteiger partial charge < -0.3 is 25.2 Å². The summed E-state index contributed by atoms with van der Waals surface area (Å²) in [6, 6.07) is 0.536. The van der Waals surface area contributed by atoms with Crippen LogP contribution in [0.3, 0.4) is 0 Å². The van der Waals surface area contributed by atoms with Gasteiger partial charge in [0.25, 0.3) is 0 Å². The minimum absolute atomic E-state index is 0.253. The topological polar surface area (TPSA) is 52.1 Å². The van der Waals surface area contributed by atoms with Crippen LogP contribution in [0, 0.1) is 0 Å². The minimum atomic E-state index is 0.253. The Morgan fingerprint density at radius 3 is 2.68 bits per heavy atom. The van der Waals surface area contributed by atoms with Crippen molar-refractivity contribution in [3.8, 4) is 0 Å². The third-order valence-corrected chi connectivity index (χ3v) is 4.53. The monoisotopic (exact) mass is 311 g/mol. The van der Waals surface area contributed by atoms with Gasteiger partial charge in [-0.2, -0.15) is 0 Å². The van der Waals surface area contributed by atoms with Crippen molar-refractivity contribution in [1.29, 1.82) is 0 Å². The molecule has 2 rings (SSSR count). The number of hydrogen-bond acceptors (Lipinski definition) is 4. The van der Waals surface area contributed by atoms with E-state index in [-0.39, 0.29) is 6.10 Å². The molecule has 6 heteroatoms. The van der Waals surface area contributed by atoms with Crippen LogP contribution in [0.5, 0.6) is 0 Å². The molecule has 2 saturated heterocycles. The Morgan fingerprint density at radius 1 is 1.27 bits per heavy atom. The van der Waals surface area contributed by atoms with Gasteiger partial charge in [-0.05, 0) is 32.9 Å². The third-order valence-electron chi connectivity index (χ3n) is 4.53. The van der Waals surface area contributed by atoms with Crippen LogP contribution in [0.2, 0.25) is 0 Å². The number of aliphatic imine (C=N–C) groups is 1. The van der Waals surface area contributed by atoms with E-state index in [2.05, 4.69) is 39.4 Å². The van der Waals surface area contributed by atoms with Crippen molar-refractivity contribution in [2.45, 2.75) is 38.3 Å². The molecule has 22 heavy (non-hydrogen) atoms. The zero-order chi connectivity index (χ0) is 15.8. The van der Waals surface area contributed by atoms with Gasteiger partial charge in [0.2, 0.25) is 0 Å². The summed E-state index contributed by atoms with van der Waals surface area (Å²) in [5.74, 6) is 0.908. The van der Waals surface area contributed by atoms with E-state index in [1.54, 1.807) is 0 Å². The Hall–Kier alpha value is -0.850. The van der Waals surface area contributed by atoms with Crippen molar-refractivity contribution in [3.63, 3.8) is 0 Å². The average molecular weight is 311 g/mol. The van der Waals surface area contributed by atoms with Gasteiger partial charge in [0.1, 0.15) is 0 Å². The fourth-order valence-electron chi connectivity index (χ4n) is 3.21. The van der Waals surface area contributed by atoms with Crippen LogP contribution in [0.15, 0.2) is 4.99 Å². The second-order valence-corrected chi connectivity index (χ2v) is 6.47. The Balaban J connectivity index is 1.67. The van der Waals surface area contributed by atoms with Crippen molar-refractivity contribution in [2.75, 3.05) is 60.0 Å². The Labute approximate surface area is 135 Å². The quantitative estimate of drug-likeness (QED) is 0.567. The number of piperidine rings is 1. The Kier molecular flexibility index (Phi) is 7.42. The number of likely N-dealkylation sites (tertiary alicyclic amines) is 1. The maximum absolute atomic E-state index is 5.78. The molecule has 1 unspecified atom stereocenters. The maximum atomic E-state index is 5.78. The second kappa shape index (κ2) is 9.33. The molecule has 0 bridgehead atoms. The SMILES string of the molecule is CCCN1CCC(NC(=NC)NCC2CN(C)CCO2)CC1. The predicted octanol–water partition coefficient (Wildman–Crippen LogP) is 0.356. The summed E-state index contributed by atoms with van der Waals surface area (Å²) in [4.78, 5) is 9.22. The smallest absolute Gasteiger partial charge is 0.191 e. The van der Waals surface area contributed by atoms with E-state index in [0.717, 1.165) is 32.2 Å². The van der Waals surface area contributed by atoms with Crippen molar-refractivity contribution < 1.29 is 4.74 Å². The molecule has 0 aromatic carbocycles. The molecular formula is C16H33N5O. The van der Waals surface area contributed by atoms with Gasteiger partial charge in [0, 0.05) is 45.8 Å². The first-order valence-corrected chi connectivity index (χ1v) is 8.71. The number of nitrogens with one attached hydrogen (secondary N) is 2. The summed E-state index contributed by atoms with van der Waals surface area (Å²) in [5.41, 5.74) is 0. The first-order chi connectivity index (χ1) is 10.7. The first kappa shape index (κ1) is 17.5. The lowest BCUT2D eigenvalue weighted by Crippen LogP contribution is -2.52. The number of likely N-dealkylation sites (N-methyl/N-ethyl adjacent to an activating group) is 1. The summed E-state index contributed by atoms with van der Waals surface area (Å²) >= 11 is 0. The molecule has 2 fully saturated rings. The summed E-state index contributed by atoms with van der Waals surface area (Å²) in [6.45, 7) is 9.52. The van der Waals surface area contributed by atoms with E-state index in [9.17, 15) is 0 Å². The highest BCUT2D eigenvalue weighted by Gasteiger charge is 2.21. The second-order valence-electron chi connectivity index (χ2n) is 6.47. The highest BCUT2D eigenvalue weighted by molar-refractivity contribution is 5.80. The molecule has 0 saturated carbocycles. The van der Waals surface area contributed by atoms with Crippen molar-refractivity contribution in [1.82, 2.24) is 20.4 Å². The fraction of sp³-hybridized carbons (Fsp3) is 0.938. The summed E-state index contributed by atoms with van der Waals surface area (Å²) in [5, 5.41) is 6.98. The van der Waals surface area contributed by atoms with Gasteiger partial charge in [-0.25, -0.2) is 0 Å². The van der Waals surface area contributed by atoms with Gasteiger partial charge >= 0.3 is 0 Å². The molecule has 2 aliphatic heterocycles. The fourth-order valence-corrected chi connectivity index (χ4v) is 3.21. The van der Waals surface area contributed by atoms with E-state index >= 15 is 0 Å². The largest absolute Gasteiger partial charge is 0.374 e. The maximum Gasteiger partial charge on any atom is 0.191 e. The van der Waals surface area contributed by atoms with Crippen LogP contribution in [0.25, 0.3) is 0 Å². The van der Waals surface area contributed by atoms with Crippen LogP contribution in [-0.4, -0.2) is 87.9 Å². The molecule has 0 aromatic heterocycles. The molecule has 2 N–H and O–H groups in total. The van der Waals surface area contributed by atoms with Crippen molar-refractivity contribution >= 4 is 5.96 Å². The van der Waals surface area contributed by atoms with Crippen LogP contribution in [-0.2, 0) is 4.74 Å². The van der Waals surface area contributed by atoms with Gasteiger partial charge in [0.05, 0.1) is 12.7 Å². The zero-order valence-electron chi connectivity index (χ0n) is 14.5. The van der Waals surface area contributed by atoms with Gasteiger partial charge in [0.15, 0.2) is 5.96 Å². The van der Waals surface area contributed by atoms with Crippen LogP contribution < -0.4 is 10.6 Å². The van der Waals surface area contributed by atoms with Crippen LogP contribution in [0.1, 0.15) is 26.2 Å². The number of hydrogen-bond donors (Lipinski definition) is 2. The van der Waals surface area contributed by atoms with Crippen molar-refractivity contribution in [3.05, 3.63) is 0 Å². The number of morpholine rings is 1. The molecule has 6 nitrogen and oxygen atoms in total. The zero-order valence-corrected chi connectivity index (χ0v) is 14.5. The molecule has 0 aliphatic carbocycles. The van der Waals surface area contributed by atoms with E-state index in [1.165, 1.54) is 38.9 Å². The lowest BCUT2D eigenvalue weighted by atomic mass is 10.1. The molecule has 0 spiro atoms. The standard InChI is InChI=1S/C16H33N5O/c1-4-7-21-8-5-14(6-9-21)19-16(17-2)18-12-15-13-20(3)10-11-22-15/h14-15H,4-13H2,1-3H3,(H2,17,18,19). The molecule has 0 aromatic rings. The lowest BCUT2D eigenvalue weighted by Gasteiger charge is -2.33. The van der Waals surface area contributed by atoms with E-state index in [1.807, 2.05) is 7.05 Å². The lowest BCUT2D eigenvalue weighted by molar-refractivity contribution is -0.0161. The minimum Gasteiger partial charge on any atom is -0.374 e. The van der Waals surface area contributed by atoms with E-state index in [0.29, 0.717) is 6.04 Å². The third kappa shape index (κ3) is 5.74. The average Bonchev–Trinajstić information content (AvgIpc) is 2.53. The highest BCUT2D eigenvalue weighted by Crippen LogP contribution is 2.10. The molecule has 1 atom stereocenters. The summed E-state index contributed by atoms with van der Waals surface area (Å²) in [6.07, 6.45) is 3.90. The Morgan fingerprint density at radius 2 is 2.05 bits per heavy atom. The Bertz CT molecular complexity index is 341. The summed E-state index contributed by atoms with van der Waals surface area (Å²) < 4.78 is 5.78. The van der Waals surface area contributed by atoms with E-state index in [4.69, 9.17) is 4.74 Å². The van der Waals surface area contributed by atoms with Crippen LogP contribution >= 0.6 is 0 Å². The van der Waals surface area contributed by atoms with Gasteiger partial charge in [-0.3, -0.25) is 4.99 Å². The molecule has 0 radical (unpaired) electrons. The molecule has 2 aliphatic rings. The van der Waals surface area contributed by atoms with Crippen molar-refractivity contribution in [2.24, 2.45) is 4.99 Å². The normalized spacial score (nSPS) is 26.1.